The minimum Gasteiger partial charge on any atom is -0.490 e. The summed E-state index contributed by atoms with van der Waals surface area (Å²) in [6.07, 6.45) is 3.08. The summed E-state index contributed by atoms with van der Waals surface area (Å²) in [5, 5.41) is 0.540. The van der Waals surface area contributed by atoms with E-state index in [2.05, 4.69) is 0 Å². The lowest BCUT2D eigenvalue weighted by Gasteiger charge is -2.13. The van der Waals surface area contributed by atoms with Crippen molar-refractivity contribution in [3.8, 4) is 28.4 Å². The van der Waals surface area contributed by atoms with E-state index in [1.54, 1.807) is 0 Å². The second-order valence-corrected chi connectivity index (χ2v) is 7.77. The molecular weight excluding hydrogens is 404 g/mol. The van der Waals surface area contributed by atoms with Gasteiger partial charge in [-0.3, -0.25) is 4.79 Å². The van der Waals surface area contributed by atoms with Crippen LogP contribution in [0.5, 0.6) is 17.2 Å². The van der Waals surface area contributed by atoms with Crippen molar-refractivity contribution in [2.45, 2.75) is 26.4 Å². The zero-order chi connectivity index (χ0) is 21.9. The molecule has 0 spiro atoms. The predicted octanol–water partition coefficient (Wildman–Crippen LogP) is 5.76. The SMILES string of the molecule is CCc1cc2c(=O)c(-c3ccc4c(c3)OCCCO4)coc2cc1OCc1ccccc1. The van der Waals surface area contributed by atoms with E-state index in [0.29, 0.717) is 47.9 Å². The molecule has 5 heteroatoms. The highest BCUT2D eigenvalue weighted by Gasteiger charge is 2.16. The minimum atomic E-state index is -0.0787. The molecule has 0 radical (unpaired) electrons. The lowest BCUT2D eigenvalue weighted by atomic mass is 10.0. The Hall–Kier alpha value is -3.73. The van der Waals surface area contributed by atoms with E-state index in [1.165, 1.54) is 6.26 Å². The first-order chi connectivity index (χ1) is 15.7. The van der Waals surface area contributed by atoms with E-state index < -0.39 is 0 Å². The molecule has 0 bridgehead atoms. The zero-order valence-corrected chi connectivity index (χ0v) is 17.9. The van der Waals surface area contributed by atoms with Gasteiger partial charge in [0.25, 0.3) is 0 Å². The van der Waals surface area contributed by atoms with Gasteiger partial charge in [0.1, 0.15) is 24.2 Å². The van der Waals surface area contributed by atoms with E-state index >= 15 is 0 Å². The van der Waals surface area contributed by atoms with Crippen molar-refractivity contribution >= 4 is 11.0 Å². The second-order valence-electron chi connectivity index (χ2n) is 7.77. The first-order valence-electron chi connectivity index (χ1n) is 10.9. The number of rotatable bonds is 5. The number of aryl methyl sites for hydroxylation is 1. The highest BCUT2D eigenvalue weighted by atomic mass is 16.5. The van der Waals surface area contributed by atoms with Gasteiger partial charge in [-0.2, -0.15) is 0 Å². The zero-order valence-electron chi connectivity index (χ0n) is 17.9. The molecule has 2 heterocycles. The summed E-state index contributed by atoms with van der Waals surface area (Å²) < 4.78 is 23.4. The van der Waals surface area contributed by atoms with Crippen molar-refractivity contribution in [3.05, 3.63) is 88.3 Å². The molecule has 1 aliphatic rings. The molecule has 32 heavy (non-hydrogen) atoms. The van der Waals surface area contributed by atoms with Gasteiger partial charge in [-0.05, 0) is 41.3 Å². The van der Waals surface area contributed by atoms with Crippen LogP contribution in [-0.4, -0.2) is 13.2 Å². The number of hydrogen-bond acceptors (Lipinski definition) is 5. The normalized spacial score (nSPS) is 13.0. The Bertz CT molecular complexity index is 1310. The summed E-state index contributed by atoms with van der Waals surface area (Å²) in [5.74, 6) is 2.08. The van der Waals surface area contributed by atoms with E-state index in [1.807, 2.05) is 67.6 Å². The Morgan fingerprint density at radius 1 is 0.938 bits per heavy atom. The van der Waals surface area contributed by atoms with Crippen LogP contribution in [0, 0.1) is 0 Å². The number of ether oxygens (including phenoxy) is 3. The standard InChI is InChI=1S/C27H24O5/c1-2-19-13-21-25(15-24(19)31-16-18-7-4-3-5-8-18)32-17-22(27(21)28)20-9-10-23-26(14-20)30-12-6-11-29-23/h3-5,7-10,13-15,17H,2,6,11-12,16H2,1H3. The summed E-state index contributed by atoms with van der Waals surface area (Å²) in [5.41, 5.74) is 3.72. The molecule has 0 saturated carbocycles. The fourth-order valence-electron chi connectivity index (χ4n) is 3.88. The van der Waals surface area contributed by atoms with Crippen LogP contribution in [-0.2, 0) is 13.0 Å². The van der Waals surface area contributed by atoms with Crippen LogP contribution in [0.2, 0.25) is 0 Å². The maximum Gasteiger partial charge on any atom is 0.200 e. The maximum atomic E-state index is 13.4. The number of fused-ring (bicyclic) bond motifs is 2. The van der Waals surface area contributed by atoms with Gasteiger partial charge in [0.15, 0.2) is 11.5 Å². The average Bonchev–Trinajstić information content (AvgIpc) is 3.08. The van der Waals surface area contributed by atoms with Crippen LogP contribution >= 0.6 is 0 Å². The van der Waals surface area contributed by atoms with Crippen molar-refractivity contribution in [1.82, 2.24) is 0 Å². The van der Waals surface area contributed by atoms with Crippen molar-refractivity contribution in [2.24, 2.45) is 0 Å². The molecular formula is C27H24O5. The lowest BCUT2D eigenvalue weighted by Crippen LogP contribution is -2.07. The quantitative estimate of drug-likeness (QED) is 0.404. The van der Waals surface area contributed by atoms with Crippen molar-refractivity contribution in [2.75, 3.05) is 13.2 Å². The van der Waals surface area contributed by atoms with Crippen LogP contribution in [0.25, 0.3) is 22.1 Å². The Kier molecular flexibility index (Phi) is 5.55. The first-order valence-corrected chi connectivity index (χ1v) is 10.9. The first kappa shape index (κ1) is 20.2. The van der Waals surface area contributed by atoms with Crippen LogP contribution in [0.1, 0.15) is 24.5 Å². The summed E-state index contributed by atoms with van der Waals surface area (Å²) >= 11 is 0. The van der Waals surface area contributed by atoms with Gasteiger partial charge in [0.2, 0.25) is 5.43 Å². The highest BCUT2D eigenvalue weighted by molar-refractivity contribution is 5.84. The summed E-state index contributed by atoms with van der Waals surface area (Å²) in [4.78, 5) is 13.4. The van der Waals surface area contributed by atoms with Gasteiger partial charge >= 0.3 is 0 Å². The van der Waals surface area contributed by atoms with Crippen molar-refractivity contribution in [1.29, 1.82) is 0 Å². The molecule has 1 aromatic heterocycles. The Labute approximate surface area is 186 Å². The van der Waals surface area contributed by atoms with Crippen LogP contribution in [0.15, 0.2) is 76.1 Å². The molecule has 0 amide bonds. The van der Waals surface area contributed by atoms with Gasteiger partial charge in [0.05, 0.1) is 24.2 Å². The maximum absolute atomic E-state index is 13.4. The Morgan fingerprint density at radius 3 is 2.56 bits per heavy atom. The molecule has 0 aliphatic carbocycles. The number of hydrogen-bond donors (Lipinski definition) is 0. The van der Waals surface area contributed by atoms with Crippen molar-refractivity contribution < 1.29 is 18.6 Å². The van der Waals surface area contributed by atoms with Gasteiger partial charge in [-0.1, -0.05) is 43.3 Å². The molecule has 162 valence electrons. The van der Waals surface area contributed by atoms with Gasteiger partial charge in [-0.15, -0.1) is 0 Å². The summed E-state index contributed by atoms with van der Waals surface area (Å²) in [6, 6.07) is 19.2. The third-order valence-electron chi connectivity index (χ3n) is 5.63. The summed E-state index contributed by atoms with van der Waals surface area (Å²) in [6.45, 7) is 3.72. The molecule has 0 unspecified atom stereocenters. The third kappa shape index (κ3) is 3.94. The van der Waals surface area contributed by atoms with E-state index in [-0.39, 0.29) is 5.43 Å². The Morgan fingerprint density at radius 2 is 1.75 bits per heavy atom. The Balaban J connectivity index is 1.51. The molecule has 5 rings (SSSR count). The molecule has 5 nitrogen and oxygen atoms in total. The largest absolute Gasteiger partial charge is 0.490 e. The minimum absolute atomic E-state index is 0.0787. The smallest absolute Gasteiger partial charge is 0.200 e. The third-order valence-corrected chi connectivity index (χ3v) is 5.63. The van der Waals surface area contributed by atoms with Crippen molar-refractivity contribution in [3.63, 3.8) is 0 Å². The van der Waals surface area contributed by atoms with Gasteiger partial charge < -0.3 is 18.6 Å². The monoisotopic (exact) mass is 428 g/mol. The molecule has 0 N–H and O–H groups in total. The fraction of sp³-hybridized carbons (Fsp3) is 0.222. The van der Waals surface area contributed by atoms with Crippen LogP contribution in [0.4, 0.5) is 0 Å². The van der Waals surface area contributed by atoms with Gasteiger partial charge in [0, 0.05) is 12.5 Å². The van der Waals surface area contributed by atoms with Crippen LogP contribution < -0.4 is 19.6 Å². The molecule has 4 aromatic rings. The predicted molar refractivity (Wildman–Crippen MR) is 124 cm³/mol. The molecule has 3 aromatic carbocycles. The van der Waals surface area contributed by atoms with Crippen LogP contribution in [0.3, 0.4) is 0 Å². The van der Waals surface area contributed by atoms with E-state index in [0.717, 1.165) is 35.3 Å². The second kappa shape index (κ2) is 8.79. The highest BCUT2D eigenvalue weighted by Crippen LogP contribution is 2.34. The topological polar surface area (TPSA) is 57.9 Å². The average molecular weight is 428 g/mol. The summed E-state index contributed by atoms with van der Waals surface area (Å²) in [7, 11) is 0. The molecule has 1 aliphatic heterocycles. The van der Waals surface area contributed by atoms with Gasteiger partial charge in [-0.25, -0.2) is 0 Å². The fourth-order valence-corrected chi connectivity index (χ4v) is 3.88. The molecule has 0 atom stereocenters. The molecule has 0 fully saturated rings. The lowest BCUT2D eigenvalue weighted by molar-refractivity contribution is 0.297. The van der Waals surface area contributed by atoms with E-state index in [9.17, 15) is 4.79 Å². The molecule has 0 saturated heterocycles. The van der Waals surface area contributed by atoms with E-state index in [4.69, 9.17) is 18.6 Å². The number of benzene rings is 3.